The molecule has 3 rings (SSSR count). The number of carbonyl (C=O) groups excluding carboxylic acids is 1. The smallest absolute Gasteiger partial charge is 0.230 e. The van der Waals surface area contributed by atoms with Crippen LogP contribution in [0.25, 0.3) is 0 Å². The van der Waals surface area contributed by atoms with Crippen LogP contribution in [0.2, 0.25) is 0 Å². The minimum Gasteiger partial charge on any atom is -0.342 e. The highest BCUT2D eigenvalue weighted by molar-refractivity contribution is 5.87. The maximum absolute atomic E-state index is 12.5. The van der Waals surface area contributed by atoms with Gasteiger partial charge in [0.15, 0.2) is 0 Å². The fourth-order valence-corrected chi connectivity index (χ4v) is 3.06. The van der Waals surface area contributed by atoms with Gasteiger partial charge in [-0.15, -0.1) is 0 Å². The Morgan fingerprint density at radius 1 is 1.39 bits per heavy atom. The fourth-order valence-electron chi connectivity index (χ4n) is 3.06. The Bertz CT molecular complexity index is 471. The lowest BCUT2D eigenvalue weighted by atomic mass is 9.76. The van der Waals surface area contributed by atoms with E-state index in [9.17, 15) is 4.79 Å². The minimum atomic E-state index is 0.0997. The maximum atomic E-state index is 12.5. The van der Waals surface area contributed by atoms with E-state index < -0.39 is 0 Å². The molecule has 0 aromatic heterocycles. The average molecular weight is 244 g/mol. The van der Waals surface area contributed by atoms with Gasteiger partial charge in [-0.05, 0) is 29.9 Å². The first-order chi connectivity index (χ1) is 8.66. The van der Waals surface area contributed by atoms with Gasteiger partial charge in [0, 0.05) is 19.1 Å². The molecule has 0 spiro atoms. The van der Waals surface area contributed by atoms with Gasteiger partial charge in [0.2, 0.25) is 5.91 Å². The van der Waals surface area contributed by atoms with E-state index in [0.29, 0.717) is 11.8 Å². The van der Waals surface area contributed by atoms with Crippen LogP contribution in [0, 0.1) is 5.92 Å². The SMILES string of the molecule is CC1CN(C(=O)C2Cc3ccccc32)CCC1N. The summed E-state index contributed by atoms with van der Waals surface area (Å²) in [6, 6.07) is 8.52. The second-order valence-corrected chi connectivity index (χ2v) is 5.67. The van der Waals surface area contributed by atoms with E-state index in [1.807, 2.05) is 17.0 Å². The van der Waals surface area contributed by atoms with Crippen molar-refractivity contribution in [2.45, 2.75) is 31.7 Å². The van der Waals surface area contributed by atoms with Gasteiger partial charge < -0.3 is 10.6 Å². The molecule has 2 aliphatic rings. The standard InChI is InChI=1S/C15H20N2O/c1-10-9-17(7-6-14(10)16)15(18)13-8-11-4-2-3-5-12(11)13/h2-5,10,13-14H,6-9,16H2,1H3. The van der Waals surface area contributed by atoms with Crippen LogP contribution in [0.4, 0.5) is 0 Å². The van der Waals surface area contributed by atoms with Crippen LogP contribution in [0.5, 0.6) is 0 Å². The number of likely N-dealkylation sites (tertiary alicyclic amines) is 1. The van der Waals surface area contributed by atoms with Crippen LogP contribution in [0.1, 0.15) is 30.4 Å². The van der Waals surface area contributed by atoms with E-state index in [4.69, 9.17) is 5.73 Å². The van der Waals surface area contributed by atoms with E-state index in [1.165, 1.54) is 11.1 Å². The Morgan fingerprint density at radius 3 is 2.89 bits per heavy atom. The topological polar surface area (TPSA) is 46.3 Å². The predicted octanol–water partition coefficient (Wildman–Crippen LogP) is 1.52. The third-order valence-corrected chi connectivity index (χ3v) is 4.44. The molecule has 0 bridgehead atoms. The summed E-state index contributed by atoms with van der Waals surface area (Å²) < 4.78 is 0. The van der Waals surface area contributed by atoms with Crippen molar-refractivity contribution in [3.05, 3.63) is 35.4 Å². The van der Waals surface area contributed by atoms with Crippen molar-refractivity contribution in [3.8, 4) is 0 Å². The number of amides is 1. The largest absolute Gasteiger partial charge is 0.342 e. The van der Waals surface area contributed by atoms with Crippen LogP contribution in [-0.4, -0.2) is 29.9 Å². The normalized spacial score (nSPS) is 30.6. The highest BCUT2D eigenvalue weighted by atomic mass is 16.2. The maximum Gasteiger partial charge on any atom is 0.230 e. The Hall–Kier alpha value is -1.35. The van der Waals surface area contributed by atoms with Gasteiger partial charge >= 0.3 is 0 Å². The molecule has 96 valence electrons. The molecule has 1 saturated heterocycles. The van der Waals surface area contributed by atoms with Gasteiger partial charge in [0.25, 0.3) is 0 Å². The Kier molecular flexibility index (Phi) is 2.86. The van der Waals surface area contributed by atoms with E-state index >= 15 is 0 Å². The molecule has 1 fully saturated rings. The number of rotatable bonds is 1. The first kappa shape index (κ1) is 11.7. The molecule has 1 heterocycles. The van der Waals surface area contributed by atoms with Gasteiger partial charge in [-0.25, -0.2) is 0 Å². The minimum absolute atomic E-state index is 0.0997. The van der Waals surface area contributed by atoms with Crippen molar-refractivity contribution in [2.75, 3.05) is 13.1 Å². The van der Waals surface area contributed by atoms with E-state index in [2.05, 4.69) is 19.1 Å². The van der Waals surface area contributed by atoms with Crippen molar-refractivity contribution in [1.29, 1.82) is 0 Å². The van der Waals surface area contributed by atoms with Crippen molar-refractivity contribution in [1.82, 2.24) is 4.90 Å². The number of fused-ring (bicyclic) bond motifs is 1. The molecule has 2 N–H and O–H groups in total. The summed E-state index contributed by atoms with van der Waals surface area (Å²) in [7, 11) is 0. The van der Waals surface area contributed by atoms with Crippen molar-refractivity contribution in [3.63, 3.8) is 0 Å². The molecular weight excluding hydrogens is 224 g/mol. The molecule has 1 aromatic rings. The molecule has 0 saturated carbocycles. The van der Waals surface area contributed by atoms with Gasteiger partial charge in [0.05, 0.1) is 5.92 Å². The Labute approximate surface area is 108 Å². The number of nitrogens with two attached hydrogens (primary N) is 1. The van der Waals surface area contributed by atoms with E-state index in [-0.39, 0.29) is 12.0 Å². The van der Waals surface area contributed by atoms with Gasteiger partial charge in [-0.1, -0.05) is 31.2 Å². The zero-order chi connectivity index (χ0) is 12.7. The molecule has 1 aliphatic carbocycles. The molecule has 0 radical (unpaired) electrons. The third-order valence-electron chi connectivity index (χ3n) is 4.44. The van der Waals surface area contributed by atoms with Crippen molar-refractivity contribution >= 4 is 5.91 Å². The van der Waals surface area contributed by atoms with Crippen LogP contribution in [0.3, 0.4) is 0 Å². The summed E-state index contributed by atoms with van der Waals surface area (Å²) in [6.07, 6.45) is 1.84. The van der Waals surface area contributed by atoms with Gasteiger partial charge in [0.1, 0.15) is 0 Å². The third kappa shape index (κ3) is 1.83. The first-order valence-electron chi connectivity index (χ1n) is 6.79. The highest BCUT2D eigenvalue weighted by Gasteiger charge is 2.36. The summed E-state index contributed by atoms with van der Waals surface area (Å²) in [6.45, 7) is 3.78. The molecule has 3 atom stereocenters. The van der Waals surface area contributed by atoms with Gasteiger partial charge in [-0.3, -0.25) is 4.79 Å². The number of benzene rings is 1. The van der Waals surface area contributed by atoms with Crippen LogP contribution >= 0.6 is 0 Å². The average Bonchev–Trinajstić information content (AvgIpc) is 2.34. The zero-order valence-corrected chi connectivity index (χ0v) is 10.8. The van der Waals surface area contributed by atoms with Crippen LogP contribution in [-0.2, 0) is 11.2 Å². The quantitative estimate of drug-likeness (QED) is 0.814. The molecule has 18 heavy (non-hydrogen) atoms. The Balaban J connectivity index is 1.70. The molecule has 1 aliphatic heterocycles. The number of piperidine rings is 1. The first-order valence-corrected chi connectivity index (χ1v) is 6.79. The second-order valence-electron chi connectivity index (χ2n) is 5.67. The van der Waals surface area contributed by atoms with E-state index in [0.717, 1.165) is 25.9 Å². The summed E-state index contributed by atoms with van der Waals surface area (Å²) in [5.41, 5.74) is 8.56. The Morgan fingerprint density at radius 2 is 2.17 bits per heavy atom. The van der Waals surface area contributed by atoms with Gasteiger partial charge in [-0.2, -0.15) is 0 Å². The summed E-state index contributed by atoms with van der Waals surface area (Å²) >= 11 is 0. The molecule has 3 heteroatoms. The molecule has 3 nitrogen and oxygen atoms in total. The summed E-state index contributed by atoms with van der Waals surface area (Å²) in [5.74, 6) is 0.813. The number of hydrogen-bond donors (Lipinski definition) is 1. The number of carbonyl (C=O) groups is 1. The van der Waals surface area contributed by atoms with Crippen molar-refractivity contribution in [2.24, 2.45) is 11.7 Å². The number of nitrogens with zero attached hydrogens (tertiary/aromatic N) is 1. The lowest BCUT2D eigenvalue weighted by Gasteiger charge is -2.39. The summed E-state index contributed by atoms with van der Waals surface area (Å²) in [5, 5.41) is 0. The molecule has 3 unspecified atom stereocenters. The highest BCUT2D eigenvalue weighted by Crippen LogP contribution is 2.36. The fraction of sp³-hybridized carbons (Fsp3) is 0.533. The molecular formula is C15H20N2O. The lowest BCUT2D eigenvalue weighted by molar-refractivity contribution is -0.135. The number of hydrogen-bond acceptors (Lipinski definition) is 2. The lowest BCUT2D eigenvalue weighted by Crippen LogP contribution is -2.50. The molecule has 1 amide bonds. The predicted molar refractivity (Wildman–Crippen MR) is 71.2 cm³/mol. The van der Waals surface area contributed by atoms with Crippen LogP contribution in [0.15, 0.2) is 24.3 Å². The zero-order valence-electron chi connectivity index (χ0n) is 10.8. The van der Waals surface area contributed by atoms with Crippen molar-refractivity contribution < 1.29 is 4.79 Å². The second kappa shape index (κ2) is 4.39. The van der Waals surface area contributed by atoms with Crippen LogP contribution < -0.4 is 5.73 Å². The monoisotopic (exact) mass is 244 g/mol. The molecule has 1 aromatic carbocycles. The summed E-state index contributed by atoms with van der Waals surface area (Å²) in [4.78, 5) is 14.5. The van der Waals surface area contributed by atoms with E-state index in [1.54, 1.807) is 0 Å².